The summed E-state index contributed by atoms with van der Waals surface area (Å²) in [5.74, 6) is 0.771. The van der Waals surface area contributed by atoms with Gasteiger partial charge in [-0.25, -0.2) is 4.98 Å². The largest absolute Gasteiger partial charge is 0.489 e. The third kappa shape index (κ3) is 2.46. The normalized spacial score (nSPS) is 13.0. The molecule has 2 aromatic rings. The minimum Gasteiger partial charge on any atom is -0.489 e. The number of fused-ring (bicyclic) bond motifs is 1. The van der Waals surface area contributed by atoms with E-state index in [-0.39, 0.29) is 6.10 Å². The first-order valence-corrected chi connectivity index (χ1v) is 6.24. The van der Waals surface area contributed by atoms with E-state index in [0.717, 1.165) is 22.2 Å². The molecule has 0 radical (unpaired) electrons. The molecule has 96 valence electrons. The maximum atomic E-state index is 9.68. The highest BCUT2D eigenvalue weighted by Crippen LogP contribution is 2.28. The van der Waals surface area contributed by atoms with E-state index in [1.807, 2.05) is 45.0 Å². The van der Waals surface area contributed by atoms with Crippen molar-refractivity contribution >= 4 is 10.9 Å². The Morgan fingerprint density at radius 1 is 1.22 bits per heavy atom. The smallest absolute Gasteiger partial charge is 0.145 e. The second-order valence-electron chi connectivity index (χ2n) is 4.86. The molecule has 1 N–H and O–H groups in total. The third-order valence-electron chi connectivity index (χ3n) is 2.82. The van der Waals surface area contributed by atoms with Crippen LogP contribution in [-0.2, 0) is 0 Å². The highest BCUT2D eigenvalue weighted by atomic mass is 16.5. The number of aliphatic hydroxyl groups is 1. The Bertz CT molecular complexity index is 562. The SMILES string of the molecule is Cc1cc(C(C)O)nc2c(OC(C)C)cccc12. The van der Waals surface area contributed by atoms with E-state index in [2.05, 4.69) is 4.98 Å². The summed E-state index contributed by atoms with van der Waals surface area (Å²) in [5, 5.41) is 10.7. The van der Waals surface area contributed by atoms with Gasteiger partial charge in [-0.15, -0.1) is 0 Å². The fraction of sp³-hybridized carbons (Fsp3) is 0.400. The Morgan fingerprint density at radius 2 is 1.94 bits per heavy atom. The van der Waals surface area contributed by atoms with E-state index in [1.54, 1.807) is 6.92 Å². The number of benzene rings is 1. The number of ether oxygens (including phenoxy) is 1. The zero-order valence-electron chi connectivity index (χ0n) is 11.3. The van der Waals surface area contributed by atoms with Crippen LogP contribution in [-0.4, -0.2) is 16.2 Å². The molecule has 0 aliphatic heterocycles. The van der Waals surface area contributed by atoms with E-state index >= 15 is 0 Å². The van der Waals surface area contributed by atoms with Crippen molar-refractivity contribution in [1.29, 1.82) is 0 Å². The van der Waals surface area contributed by atoms with Crippen molar-refractivity contribution in [2.75, 3.05) is 0 Å². The number of pyridine rings is 1. The lowest BCUT2D eigenvalue weighted by molar-refractivity contribution is 0.194. The molecule has 0 aliphatic carbocycles. The summed E-state index contributed by atoms with van der Waals surface area (Å²) in [6, 6.07) is 7.83. The number of rotatable bonds is 3. The van der Waals surface area contributed by atoms with E-state index in [0.29, 0.717) is 5.69 Å². The highest BCUT2D eigenvalue weighted by molar-refractivity contribution is 5.87. The maximum absolute atomic E-state index is 9.68. The van der Waals surface area contributed by atoms with E-state index in [4.69, 9.17) is 4.74 Å². The van der Waals surface area contributed by atoms with Crippen molar-refractivity contribution < 1.29 is 9.84 Å². The van der Waals surface area contributed by atoms with Crippen LogP contribution in [0.4, 0.5) is 0 Å². The van der Waals surface area contributed by atoms with Crippen LogP contribution in [0.3, 0.4) is 0 Å². The van der Waals surface area contributed by atoms with Crippen molar-refractivity contribution in [1.82, 2.24) is 4.98 Å². The number of aliphatic hydroxyl groups excluding tert-OH is 1. The Kier molecular flexibility index (Phi) is 3.53. The third-order valence-corrected chi connectivity index (χ3v) is 2.82. The molecule has 0 spiro atoms. The number of hydrogen-bond acceptors (Lipinski definition) is 3. The first-order chi connectivity index (χ1) is 8.49. The van der Waals surface area contributed by atoms with Crippen molar-refractivity contribution in [3.63, 3.8) is 0 Å². The lowest BCUT2D eigenvalue weighted by Crippen LogP contribution is -2.07. The van der Waals surface area contributed by atoms with Crippen LogP contribution < -0.4 is 4.74 Å². The molecule has 0 bridgehead atoms. The van der Waals surface area contributed by atoms with Gasteiger partial charge in [0, 0.05) is 5.39 Å². The first kappa shape index (κ1) is 12.8. The fourth-order valence-corrected chi connectivity index (χ4v) is 1.98. The number of para-hydroxylation sites is 1. The zero-order chi connectivity index (χ0) is 13.3. The molecule has 1 heterocycles. The molecule has 0 aliphatic rings. The molecule has 0 fully saturated rings. The summed E-state index contributed by atoms with van der Waals surface area (Å²) < 4.78 is 5.77. The van der Waals surface area contributed by atoms with Crippen molar-refractivity contribution in [3.8, 4) is 5.75 Å². The van der Waals surface area contributed by atoms with Gasteiger partial charge in [0.25, 0.3) is 0 Å². The average Bonchev–Trinajstić information content (AvgIpc) is 2.29. The molecule has 0 saturated carbocycles. The summed E-state index contributed by atoms with van der Waals surface area (Å²) in [6.07, 6.45) is -0.465. The van der Waals surface area contributed by atoms with Crippen LogP contribution in [0.1, 0.15) is 38.1 Å². The molecule has 2 rings (SSSR count). The van der Waals surface area contributed by atoms with Gasteiger partial charge >= 0.3 is 0 Å². The molecule has 0 amide bonds. The summed E-state index contributed by atoms with van der Waals surface area (Å²) in [6.45, 7) is 7.73. The summed E-state index contributed by atoms with van der Waals surface area (Å²) in [5.41, 5.74) is 2.60. The van der Waals surface area contributed by atoms with Crippen LogP contribution in [0.2, 0.25) is 0 Å². The zero-order valence-corrected chi connectivity index (χ0v) is 11.3. The highest BCUT2D eigenvalue weighted by Gasteiger charge is 2.11. The van der Waals surface area contributed by atoms with E-state index in [9.17, 15) is 5.11 Å². The molecule has 3 nitrogen and oxygen atoms in total. The lowest BCUT2D eigenvalue weighted by atomic mass is 10.1. The van der Waals surface area contributed by atoms with Gasteiger partial charge in [0.2, 0.25) is 0 Å². The standard InChI is InChI=1S/C15H19NO2/c1-9(2)18-14-7-5-6-12-10(3)8-13(11(4)17)16-15(12)14/h5-9,11,17H,1-4H3. The molecule has 1 aromatic heterocycles. The fourth-order valence-electron chi connectivity index (χ4n) is 1.98. The number of aromatic nitrogens is 1. The monoisotopic (exact) mass is 245 g/mol. The van der Waals surface area contributed by atoms with Crippen molar-refractivity contribution in [2.45, 2.75) is 39.9 Å². The van der Waals surface area contributed by atoms with Gasteiger partial charge in [-0.1, -0.05) is 12.1 Å². The summed E-state index contributed by atoms with van der Waals surface area (Å²) >= 11 is 0. The Labute approximate surface area is 107 Å². The predicted octanol–water partition coefficient (Wildman–Crippen LogP) is 3.38. The predicted molar refractivity (Wildman–Crippen MR) is 72.9 cm³/mol. The number of hydrogen-bond donors (Lipinski definition) is 1. The molecule has 18 heavy (non-hydrogen) atoms. The second-order valence-corrected chi connectivity index (χ2v) is 4.86. The summed E-state index contributed by atoms with van der Waals surface area (Å²) in [4.78, 5) is 4.51. The average molecular weight is 245 g/mol. The van der Waals surface area contributed by atoms with E-state index in [1.165, 1.54) is 0 Å². The Morgan fingerprint density at radius 3 is 2.56 bits per heavy atom. The minimum atomic E-state index is -0.569. The lowest BCUT2D eigenvalue weighted by Gasteiger charge is -2.14. The Hall–Kier alpha value is -1.61. The van der Waals surface area contributed by atoms with Crippen LogP contribution in [0.25, 0.3) is 10.9 Å². The molecule has 1 aromatic carbocycles. The molecule has 1 unspecified atom stereocenters. The maximum Gasteiger partial charge on any atom is 0.145 e. The van der Waals surface area contributed by atoms with Crippen molar-refractivity contribution in [2.24, 2.45) is 0 Å². The number of nitrogens with zero attached hydrogens (tertiary/aromatic N) is 1. The molecule has 1 atom stereocenters. The summed E-state index contributed by atoms with van der Waals surface area (Å²) in [7, 11) is 0. The van der Waals surface area contributed by atoms with Crippen LogP contribution in [0.5, 0.6) is 5.75 Å². The van der Waals surface area contributed by atoms with Gasteiger partial charge in [0.1, 0.15) is 11.3 Å². The molecular weight excluding hydrogens is 226 g/mol. The van der Waals surface area contributed by atoms with Gasteiger partial charge in [-0.05, 0) is 45.4 Å². The molecule has 3 heteroatoms. The van der Waals surface area contributed by atoms with Crippen LogP contribution in [0, 0.1) is 6.92 Å². The van der Waals surface area contributed by atoms with E-state index < -0.39 is 6.10 Å². The molecular formula is C15H19NO2. The van der Waals surface area contributed by atoms with Gasteiger partial charge in [-0.3, -0.25) is 0 Å². The van der Waals surface area contributed by atoms with Gasteiger partial charge in [0.15, 0.2) is 0 Å². The Balaban J connectivity index is 2.65. The quantitative estimate of drug-likeness (QED) is 0.901. The second kappa shape index (κ2) is 4.94. The molecule has 0 saturated heterocycles. The van der Waals surface area contributed by atoms with Gasteiger partial charge in [0.05, 0.1) is 17.9 Å². The first-order valence-electron chi connectivity index (χ1n) is 6.24. The van der Waals surface area contributed by atoms with Crippen molar-refractivity contribution in [3.05, 3.63) is 35.5 Å². The van der Waals surface area contributed by atoms with Gasteiger partial charge < -0.3 is 9.84 Å². The van der Waals surface area contributed by atoms with Crippen LogP contribution in [0.15, 0.2) is 24.3 Å². The van der Waals surface area contributed by atoms with Crippen LogP contribution >= 0.6 is 0 Å². The van der Waals surface area contributed by atoms with Gasteiger partial charge in [-0.2, -0.15) is 0 Å². The topological polar surface area (TPSA) is 42.4 Å². The number of aryl methyl sites for hydroxylation is 1. The minimum absolute atomic E-state index is 0.105.